The number of nitrogens with zero attached hydrogens (tertiary/aromatic N) is 1. The monoisotopic (exact) mass is 299 g/mol. The molecule has 0 spiro atoms. The molecule has 0 aliphatic carbocycles. The largest absolute Gasteiger partial charge is 0.362 e. The van der Waals surface area contributed by atoms with Gasteiger partial charge in [-0.25, -0.2) is 0 Å². The molecule has 6 heteroatoms. The summed E-state index contributed by atoms with van der Waals surface area (Å²) in [6, 6.07) is 4.96. The van der Waals surface area contributed by atoms with Crippen LogP contribution in [0.5, 0.6) is 0 Å². The van der Waals surface area contributed by atoms with Crippen molar-refractivity contribution in [2.45, 2.75) is 32.4 Å². The van der Waals surface area contributed by atoms with Gasteiger partial charge < -0.3 is 10.2 Å². The molecule has 1 unspecified atom stereocenters. The highest BCUT2D eigenvalue weighted by Crippen LogP contribution is 2.29. The lowest BCUT2D eigenvalue weighted by Crippen LogP contribution is -2.52. The molecule has 1 aromatic rings. The van der Waals surface area contributed by atoms with Gasteiger partial charge in [-0.05, 0) is 43.3 Å². The van der Waals surface area contributed by atoms with Crippen LogP contribution in [0, 0.1) is 0 Å². The van der Waals surface area contributed by atoms with Crippen LogP contribution in [-0.2, 0) is 16.1 Å². The molecule has 114 valence electrons. The summed E-state index contributed by atoms with van der Waals surface area (Å²) in [5.41, 5.74) is 2.41. The van der Waals surface area contributed by atoms with Crippen LogP contribution in [0.3, 0.4) is 0 Å². The minimum absolute atomic E-state index is 0.151. The Morgan fingerprint density at radius 3 is 2.86 bits per heavy atom. The van der Waals surface area contributed by atoms with E-state index >= 15 is 0 Å². The van der Waals surface area contributed by atoms with Gasteiger partial charge in [0.15, 0.2) is 0 Å². The number of fused-ring (bicyclic) bond motifs is 1. The van der Waals surface area contributed by atoms with Gasteiger partial charge in [-0.15, -0.1) is 0 Å². The fourth-order valence-corrected chi connectivity index (χ4v) is 2.84. The Morgan fingerprint density at radius 2 is 2.14 bits per heavy atom. The maximum atomic E-state index is 12.5. The van der Waals surface area contributed by atoms with Crippen molar-refractivity contribution < 1.29 is 14.4 Å². The first-order chi connectivity index (χ1) is 10.6. The summed E-state index contributed by atoms with van der Waals surface area (Å²) in [6.45, 7) is 2.31. The predicted octanol–water partition coefficient (Wildman–Crippen LogP) is 1.39. The SMILES string of the molecule is C/C=C\Nc1ccc2c(c1)CN(C1CCC(=O)NC1=O)C2=O. The topological polar surface area (TPSA) is 78.5 Å². The zero-order valence-corrected chi connectivity index (χ0v) is 12.3. The van der Waals surface area contributed by atoms with Crippen molar-refractivity contribution in [2.24, 2.45) is 0 Å². The lowest BCUT2D eigenvalue weighted by Gasteiger charge is -2.29. The molecule has 1 fully saturated rings. The first-order valence-corrected chi connectivity index (χ1v) is 7.25. The van der Waals surface area contributed by atoms with Gasteiger partial charge in [0.05, 0.1) is 0 Å². The number of anilines is 1. The van der Waals surface area contributed by atoms with Gasteiger partial charge >= 0.3 is 0 Å². The van der Waals surface area contributed by atoms with E-state index in [2.05, 4.69) is 10.6 Å². The van der Waals surface area contributed by atoms with Crippen LogP contribution >= 0.6 is 0 Å². The minimum atomic E-state index is -0.565. The quantitative estimate of drug-likeness (QED) is 0.827. The molecule has 0 saturated carbocycles. The van der Waals surface area contributed by atoms with Crippen molar-refractivity contribution in [3.63, 3.8) is 0 Å². The van der Waals surface area contributed by atoms with Crippen molar-refractivity contribution >= 4 is 23.4 Å². The molecule has 2 heterocycles. The number of carbonyl (C=O) groups is 3. The third kappa shape index (κ3) is 2.47. The highest BCUT2D eigenvalue weighted by molar-refractivity contribution is 6.05. The van der Waals surface area contributed by atoms with E-state index in [1.165, 1.54) is 0 Å². The lowest BCUT2D eigenvalue weighted by molar-refractivity contribution is -0.136. The number of carbonyl (C=O) groups excluding carboxylic acids is 3. The van der Waals surface area contributed by atoms with Gasteiger partial charge in [0.25, 0.3) is 5.91 Å². The van der Waals surface area contributed by atoms with E-state index in [9.17, 15) is 14.4 Å². The Balaban J connectivity index is 1.81. The van der Waals surface area contributed by atoms with E-state index in [0.29, 0.717) is 18.5 Å². The Kier molecular flexibility index (Phi) is 3.66. The molecular weight excluding hydrogens is 282 g/mol. The summed E-state index contributed by atoms with van der Waals surface area (Å²) < 4.78 is 0. The van der Waals surface area contributed by atoms with E-state index in [4.69, 9.17) is 0 Å². The van der Waals surface area contributed by atoms with Gasteiger partial charge in [-0.3, -0.25) is 19.7 Å². The molecule has 1 atom stereocenters. The molecule has 0 radical (unpaired) electrons. The van der Waals surface area contributed by atoms with E-state index in [1.54, 1.807) is 11.0 Å². The normalized spacial score (nSPS) is 21.2. The number of allylic oxidation sites excluding steroid dienone is 1. The predicted molar refractivity (Wildman–Crippen MR) is 80.9 cm³/mol. The number of nitrogens with one attached hydrogen (secondary N) is 2. The van der Waals surface area contributed by atoms with Gasteiger partial charge in [0, 0.05) is 24.2 Å². The molecule has 2 N–H and O–H groups in total. The number of rotatable bonds is 3. The zero-order chi connectivity index (χ0) is 15.7. The summed E-state index contributed by atoms with van der Waals surface area (Å²) >= 11 is 0. The second kappa shape index (κ2) is 5.63. The smallest absolute Gasteiger partial charge is 0.255 e. The highest BCUT2D eigenvalue weighted by atomic mass is 16.2. The van der Waals surface area contributed by atoms with Crippen LogP contribution in [0.2, 0.25) is 0 Å². The standard InChI is InChI=1S/C16H17N3O3/c1-2-7-17-11-3-4-12-10(8-11)9-19(16(12)22)13-5-6-14(20)18-15(13)21/h2-4,7-8,13,17H,5-6,9H2,1H3,(H,18,20,21)/b7-2-. The number of hydrogen-bond acceptors (Lipinski definition) is 4. The maximum Gasteiger partial charge on any atom is 0.255 e. The summed E-state index contributed by atoms with van der Waals surface area (Å²) in [7, 11) is 0. The number of benzene rings is 1. The number of hydrogen-bond donors (Lipinski definition) is 2. The van der Waals surface area contributed by atoms with Crippen LogP contribution in [0.1, 0.15) is 35.7 Å². The molecule has 1 aromatic carbocycles. The van der Waals surface area contributed by atoms with Crippen molar-refractivity contribution in [2.75, 3.05) is 5.32 Å². The third-order valence-electron chi connectivity index (χ3n) is 3.94. The number of amides is 3. The van der Waals surface area contributed by atoms with Crippen molar-refractivity contribution in [3.05, 3.63) is 41.6 Å². The molecule has 0 aromatic heterocycles. The Labute approximate surface area is 128 Å². The van der Waals surface area contributed by atoms with Crippen LogP contribution in [0.15, 0.2) is 30.5 Å². The van der Waals surface area contributed by atoms with E-state index in [1.807, 2.05) is 31.3 Å². The van der Waals surface area contributed by atoms with Crippen LogP contribution in [0.4, 0.5) is 5.69 Å². The van der Waals surface area contributed by atoms with Crippen molar-refractivity contribution in [1.82, 2.24) is 10.2 Å². The minimum Gasteiger partial charge on any atom is -0.362 e. The average Bonchev–Trinajstić information content (AvgIpc) is 2.82. The molecule has 2 aliphatic rings. The molecule has 3 rings (SSSR count). The molecule has 1 saturated heterocycles. The first-order valence-electron chi connectivity index (χ1n) is 7.25. The van der Waals surface area contributed by atoms with Gasteiger partial charge in [0.2, 0.25) is 11.8 Å². The van der Waals surface area contributed by atoms with E-state index in [-0.39, 0.29) is 24.1 Å². The molecule has 22 heavy (non-hydrogen) atoms. The molecule has 0 bridgehead atoms. The fraction of sp³-hybridized carbons (Fsp3) is 0.312. The van der Waals surface area contributed by atoms with Crippen LogP contribution < -0.4 is 10.6 Å². The Bertz CT molecular complexity index is 681. The summed E-state index contributed by atoms with van der Waals surface area (Å²) in [6.07, 6.45) is 4.35. The van der Waals surface area contributed by atoms with Crippen LogP contribution in [0.25, 0.3) is 0 Å². The third-order valence-corrected chi connectivity index (χ3v) is 3.94. The summed E-state index contributed by atoms with van der Waals surface area (Å²) in [4.78, 5) is 37.2. The number of piperidine rings is 1. The first kappa shape index (κ1) is 14.3. The summed E-state index contributed by atoms with van der Waals surface area (Å²) in [5.74, 6) is -0.810. The van der Waals surface area contributed by atoms with E-state index < -0.39 is 6.04 Å². The molecule has 3 amide bonds. The van der Waals surface area contributed by atoms with Crippen molar-refractivity contribution in [1.29, 1.82) is 0 Å². The van der Waals surface area contributed by atoms with E-state index in [0.717, 1.165) is 11.3 Å². The lowest BCUT2D eigenvalue weighted by atomic mass is 10.0. The number of imide groups is 1. The highest BCUT2D eigenvalue weighted by Gasteiger charge is 2.38. The second-order valence-corrected chi connectivity index (χ2v) is 5.42. The molecule has 2 aliphatic heterocycles. The molecule has 6 nitrogen and oxygen atoms in total. The van der Waals surface area contributed by atoms with Crippen molar-refractivity contribution in [3.8, 4) is 0 Å². The zero-order valence-electron chi connectivity index (χ0n) is 12.3. The van der Waals surface area contributed by atoms with Gasteiger partial charge in [-0.1, -0.05) is 6.08 Å². The Morgan fingerprint density at radius 1 is 1.32 bits per heavy atom. The maximum absolute atomic E-state index is 12.5. The summed E-state index contributed by atoms with van der Waals surface area (Å²) in [5, 5.41) is 5.41. The Hall–Kier alpha value is -2.63. The average molecular weight is 299 g/mol. The molecular formula is C16H17N3O3. The van der Waals surface area contributed by atoms with Crippen LogP contribution in [-0.4, -0.2) is 28.7 Å². The van der Waals surface area contributed by atoms with Gasteiger partial charge in [-0.2, -0.15) is 0 Å². The second-order valence-electron chi connectivity index (χ2n) is 5.42. The fourth-order valence-electron chi connectivity index (χ4n) is 2.84. The van der Waals surface area contributed by atoms with Gasteiger partial charge in [0.1, 0.15) is 6.04 Å².